The molecule has 0 radical (unpaired) electrons. The zero-order valence-electron chi connectivity index (χ0n) is 5.07. The van der Waals surface area contributed by atoms with E-state index < -0.39 is 0 Å². The lowest BCUT2D eigenvalue weighted by Crippen LogP contribution is -2.05. The normalized spacial score (nSPS) is 10.8. The van der Waals surface area contributed by atoms with E-state index in [0.717, 1.165) is 6.42 Å². The van der Waals surface area contributed by atoms with Gasteiger partial charge >= 0.3 is 0 Å². The molecule has 3 heteroatoms. The standard InChI is InChI=1S/C5H10INO/c1-3-4-6-7-5(2)8/h4H,3H2,1-2H3,(H,7,8). The number of hydrogen-bond acceptors (Lipinski definition) is 1. The third-order valence-electron chi connectivity index (χ3n) is 0.419. The Morgan fingerprint density at radius 3 is 2.88 bits per heavy atom. The van der Waals surface area contributed by atoms with E-state index in [0.29, 0.717) is 0 Å². The molecule has 48 valence electrons. The molecule has 1 amide bonds. The molecule has 0 aliphatic carbocycles. The summed E-state index contributed by atoms with van der Waals surface area (Å²) in [6.45, 7) is 3.62. The third-order valence-corrected chi connectivity index (χ3v) is 2.81. The summed E-state index contributed by atoms with van der Waals surface area (Å²) in [5, 5.41) is 0. The van der Waals surface area contributed by atoms with Crippen LogP contribution in [0.3, 0.4) is 0 Å². The van der Waals surface area contributed by atoms with Crippen LogP contribution in [0.1, 0.15) is 20.3 Å². The molecule has 1 N–H and O–H groups in total. The highest BCUT2D eigenvalue weighted by Gasteiger charge is 1.79. The van der Waals surface area contributed by atoms with Gasteiger partial charge in [-0.15, -0.1) is 0 Å². The third kappa shape index (κ3) is 6.07. The van der Waals surface area contributed by atoms with E-state index in [1.54, 1.807) is 6.92 Å². The number of amides is 1. The van der Waals surface area contributed by atoms with Gasteiger partial charge in [-0.05, 0) is 31.4 Å². The van der Waals surface area contributed by atoms with Crippen molar-refractivity contribution < 1.29 is 4.79 Å². The summed E-state index contributed by atoms with van der Waals surface area (Å²) in [7, 11) is 0. The van der Waals surface area contributed by atoms with Crippen molar-refractivity contribution in [2.75, 3.05) is 0 Å². The molecule has 0 rings (SSSR count). The Bertz CT molecular complexity index is 101. The van der Waals surface area contributed by atoms with Crippen LogP contribution in [0.2, 0.25) is 0 Å². The van der Waals surface area contributed by atoms with E-state index in [2.05, 4.69) is 14.5 Å². The molecule has 0 saturated carbocycles. The number of halogens is 1. The Labute approximate surface area is 59.8 Å². The second-order valence-electron chi connectivity index (χ2n) is 1.32. The van der Waals surface area contributed by atoms with Crippen molar-refractivity contribution >= 4 is 30.9 Å². The predicted octanol–water partition coefficient (Wildman–Crippen LogP) is 1.22. The largest absolute Gasteiger partial charge is 0.305 e. The van der Waals surface area contributed by atoms with Gasteiger partial charge < -0.3 is 3.53 Å². The van der Waals surface area contributed by atoms with Crippen molar-refractivity contribution in [2.45, 2.75) is 20.3 Å². The SMILES string of the molecule is CCC=INC(C)=O. The minimum atomic E-state index is -0.140. The first-order valence-corrected chi connectivity index (χ1v) is 4.80. The molecule has 0 spiro atoms. The maximum absolute atomic E-state index is 10.2. The Hall–Kier alpha value is 0.0700. The quantitative estimate of drug-likeness (QED) is 0.557. The number of rotatable bonds is 2. The van der Waals surface area contributed by atoms with E-state index in [1.165, 1.54) is 0 Å². The number of carbonyl (C=O) groups excluding carboxylic acids is 1. The van der Waals surface area contributed by atoms with Crippen molar-refractivity contribution in [3.63, 3.8) is 0 Å². The van der Waals surface area contributed by atoms with Crippen molar-refractivity contribution in [2.24, 2.45) is 0 Å². The molecule has 0 aliphatic heterocycles. The smallest absolute Gasteiger partial charge is 0.225 e. The average Bonchev–Trinajstić information content (AvgIpc) is 1.66. The zero-order valence-corrected chi connectivity index (χ0v) is 7.23. The monoisotopic (exact) mass is 227 g/mol. The summed E-state index contributed by atoms with van der Waals surface area (Å²) in [5.74, 6) is 0.0856. The van der Waals surface area contributed by atoms with Crippen LogP contribution in [-0.4, -0.2) is 9.92 Å². The molecule has 0 atom stereocenters. The van der Waals surface area contributed by atoms with Crippen LogP contribution < -0.4 is 3.53 Å². The van der Waals surface area contributed by atoms with E-state index >= 15 is 0 Å². The van der Waals surface area contributed by atoms with Crippen LogP contribution in [0.25, 0.3) is 0 Å². The highest BCUT2D eigenvalue weighted by Crippen LogP contribution is 1.85. The molecule has 2 nitrogen and oxygen atoms in total. The first-order chi connectivity index (χ1) is 3.77. The van der Waals surface area contributed by atoms with Crippen LogP contribution in [-0.2, 0) is 4.79 Å². The summed E-state index contributed by atoms with van der Waals surface area (Å²) >= 11 is -0.140. The summed E-state index contributed by atoms with van der Waals surface area (Å²) < 4.78 is 4.89. The van der Waals surface area contributed by atoms with Crippen LogP contribution >= 0.6 is 21.0 Å². The molecule has 8 heavy (non-hydrogen) atoms. The molecule has 0 fully saturated rings. The Morgan fingerprint density at radius 1 is 1.88 bits per heavy atom. The first-order valence-electron chi connectivity index (χ1n) is 2.48. The van der Waals surface area contributed by atoms with Gasteiger partial charge in [-0.3, -0.25) is 4.79 Å². The van der Waals surface area contributed by atoms with Gasteiger partial charge in [0, 0.05) is 6.92 Å². The average molecular weight is 227 g/mol. The van der Waals surface area contributed by atoms with E-state index in [9.17, 15) is 4.79 Å². The summed E-state index contributed by atoms with van der Waals surface area (Å²) in [6, 6.07) is 0. The highest BCUT2D eigenvalue weighted by molar-refractivity contribution is 14.2. The topological polar surface area (TPSA) is 29.1 Å². The molecule has 0 unspecified atom stereocenters. The molecule has 0 aliphatic rings. The van der Waals surface area contributed by atoms with Crippen LogP contribution in [0.15, 0.2) is 0 Å². The zero-order chi connectivity index (χ0) is 6.41. The van der Waals surface area contributed by atoms with Crippen molar-refractivity contribution in [1.29, 1.82) is 0 Å². The number of nitrogens with one attached hydrogen (secondary N) is 1. The highest BCUT2D eigenvalue weighted by atomic mass is 127. The Balaban J connectivity index is 3.16. The van der Waals surface area contributed by atoms with E-state index in [4.69, 9.17) is 0 Å². The minimum Gasteiger partial charge on any atom is -0.305 e. The lowest BCUT2D eigenvalue weighted by atomic mass is 10.6. The van der Waals surface area contributed by atoms with Gasteiger partial charge in [0.1, 0.15) is 0 Å². The molecule has 0 bridgehead atoms. The van der Waals surface area contributed by atoms with Gasteiger partial charge in [-0.25, -0.2) is 0 Å². The fraction of sp³-hybridized carbons (Fsp3) is 0.600. The minimum absolute atomic E-state index is 0.0856. The summed E-state index contributed by atoms with van der Waals surface area (Å²) in [6.07, 6.45) is 1.06. The fourth-order valence-corrected chi connectivity index (χ4v) is 1.29. The molecule has 0 aromatic rings. The van der Waals surface area contributed by atoms with Crippen LogP contribution in [0.5, 0.6) is 0 Å². The molecule has 0 aromatic carbocycles. The van der Waals surface area contributed by atoms with Gasteiger partial charge in [-0.2, -0.15) is 0 Å². The number of carbonyl (C=O) groups is 1. The van der Waals surface area contributed by atoms with Crippen molar-refractivity contribution in [3.05, 3.63) is 0 Å². The second-order valence-corrected chi connectivity index (χ2v) is 3.37. The Kier molecular flexibility index (Phi) is 5.26. The maximum atomic E-state index is 10.2. The number of hydrogen-bond donors (Lipinski definition) is 1. The van der Waals surface area contributed by atoms with Crippen molar-refractivity contribution in [3.8, 4) is 0 Å². The summed E-state index contributed by atoms with van der Waals surface area (Å²) in [5.41, 5.74) is 0. The first kappa shape index (κ1) is 8.07. The molecule has 0 saturated heterocycles. The lowest BCUT2D eigenvalue weighted by molar-refractivity contribution is -0.116. The van der Waals surface area contributed by atoms with E-state index in [-0.39, 0.29) is 26.9 Å². The molecular formula is C5H10INO. The van der Waals surface area contributed by atoms with Gasteiger partial charge in [0.15, 0.2) is 0 Å². The van der Waals surface area contributed by atoms with Gasteiger partial charge in [0.2, 0.25) is 5.91 Å². The fourth-order valence-electron chi connectivity index (χ4n) is 0.193. The van der Waals surface area contributed by atoms with Gasteiger partial charge in [-0.1, -0.05) is 6.92 Å². The Morgan fingerprint density at radius 2 is 2.50 bits per heavy atom. The molecule has 0 aromatic heterocycles. The second kappa shape index (κ2) is 5.21. The van der Waals surface area contributed by atoms with Gasteiger partial charge in [0.25, 0.3) is 0 Å². The van der Waals surface area contributed by atoms with Crippen LogP contribution in [0, 0.1) is 0 Å². The van der Waals surface area contributed by atoms with Gasteiger partial charge in [0.05, 0.1) is 0 Å². The van der Waals surface area contributed by atoms with Crippen LogP contribution in [0.4, 0.5) is 0 Å². The predicted molar refractivity (Wildman–Crippen MR) is 44.2 cm³/mol. The molecular weight excluding hydrogens is 217 g/mol. The lowest BCUT2D eigenvalue weighted by Gasteiger charge is -1.85. The van der Waals surface area contributed by atoms with E-state index in [1.807, 2.05) is 0 Å². The summed E-state index contributed by atoms with van der Waals surface area (Å²) in [4.78, 5) is 10.2. The van der Waals surface area contributed by atoms with Crippen molar-refractivity contribution in [1.82, 2.24) is 3.53 Å². The molecule has 0 heterocycles. The maximum Gasteiger partial charge on any atom is 0.225 e.